The number of ether oxygens (including phenoxy) is 1. The van der Waals surface area contributed by atoms with Crippen molar-refractivity contribution in [2.75, 3.05) is 0 Å². The van der Waals surface area contributed by atoms with E-state index < -0.39 is 52.9 Å². The molecule has 0 N–H and O–H groups in total. The Balaban J connectivity index is 2.35. The SMILES string of the molecule is C[C@@H]1O[C@H](C)[C@H]2[C@@H]1[C@@]1(C(F)(F)F)N=N[C@]2(C(F)(F)F)C1(C)C. The quantitative estimate of drug-likeness (QED) is 0.615. The first kappa shape index (κ1) is 16.0. The van der Waals surface area contributed by atoms with Gasteiger partial charge in [-0.2, -0.15) is 36.6 Å². The van der Waals surface area contributed by atoms with Crippen molar-refractivity contribution in [3.05, 3.63) is 0 Å². The Labute approximate surface area is 123 Å². The number of azo groups is 1. The monoisotopic (exact) mass is 330 g/mol. The first-order valence-corrected chi connectivity index (χ1v) is 6.98. The molecule has 2 fully saturated rings. The average Bonchev–Trinajstić information content (AvgIpc) is 2.80. The van der Waals surface area contributed by atoms with E-state index in [0.29, 0.717) is 0 Å². The van der Waals surface area contributed by atoms with E-state index in [9.17, 15) is 26.3 Å². The molecule has 0 aromatic rings. The van der Waals surface area contributed by atoms with E-state index >= 15 is 0 Å². The number of hydrogen-bond donors (Lipinski definition) is 0. The van der Waals surface area contributed by atoms with E-state index in [2.05, 4.69) is 10.2 Å². The molecule has 0 radical (unpaired) electrons. The van der Waals surface area contributed by atoms with Crippen molar-refractivity contribution in [1.82, 2.24) is 0 Å². The fraction of sp³-hybridized carbons (Fsp3) is 1.00. The zero-order valence-electron chi connectivity index (χ0n) is 12.4. The molecule has 2 aliphatic heterocycles. The second-order valence-electron chi connectivity index (χ2n) is 6.95. The van der Waals surface area contributed by atoms with Crippen LogP contribution in [0.15, 0.2) is 10.2 Å². The molecular formula is C13H16F6N2O. The summed E-state index contributed by atoms with van der Waals surface area (Å²) in [5, 5.41) is 6.45. The minimum atomic E-state index is -4.94. The Hall–Kier alpha value is -0.860. The summed E-state index contributed by atoms with van der Waals surface area (Å²) in [6.45, 7) is 4.72. The highest BCUT2D eigenvalue weighted by atomic mass is 19.4. The molecule has 22 heavy (non-hydrogen) atoms. The Bertz CT molecular complexity index is 498. The summed E-state index contributed by atoms with van der Waals surface area (Å²) < 4.78 is 88.5. The molecule has 126 valence electrons. The van der Waals surface area contributed by atoms with Crippen LogP contribution >= 0.6 is 0 Å². The normalized spacial score (nSPS) is 49.7. The van der Waals surface area contributed by atoms with Crippen LogP contribution in [-0.4, -0.2) is 35.6 Å². The average molecular weight is 330 g/mol. The predicted molar refractivity (Wildman–Crippen MR) is 63.2 cm³/mol. The maximum absolute atomic E-state index is 13.9. The molecule has 2 heterocycles. The number of rotatable bonds is 0. The molecule has 2 bridgehead atoms. The van der Waals surface area contributed by atoms with Crippen LogP contribution in [0.5, 0.6) is 0 Å². The van der Waals surface area contributed by atoms with Gasteiger partial charge in [0.15, 0.2) is 11.1 Å². The number of alkyl halides is 6. The summed E-state index contributed by atoms with van der Waals surface area (Å²) >= 11 is 0. The van der Waals surface area contributed by atoms with E-state index in [4.69, 9.17) is 4.74 Å². The van der Waals surface area contributed by atoms with Crippen molar-refractivity contribution < 1.29 is 31.1 Å². The molecule has 1 aliphatic carbocycles. The van der Waals surface area contributed by atoms with Crippen LogP contribution in [0, 0.1) is 17.3 Å². The summed E-state index contributed by atoms with van der Waals surface area (Å²) in [7, 11) is 0. The molecule has 0 unspecified atom stereocenters. The summed E-state index contributed by atoms with van der Waals surface area (Å²) in [6, 6.07) is 0. The van der Waals surface area contributed by atoms with Crippen molar-refractivity contribution in [1.29, 1.82) is 0 Å². The highest BCUT2D eigenvalue weighted by Crippen LogP contribution is 2.77. The lowest BCUT2D eigenvalue weighted by molar-refractivity contribution is -0.246. The van der Waals surface area contributed by atoms with Gasteiger partial charge >= 0.3 is 12.4 Å². The summed E-state index contributed by atoms with van der Waals surface area (Å²) in [6.07, 6.45) is -11.8. The lowest BCUT2D eigenvalue weighted by Crippen LogP contribution is -2.61. The standard InChI is InChI=1S/C13H16F6N2O/c1-5-7-8(6(2)22-5)11(13(17,18)19)9(3,4)10(7,20-21-11)12(14,15)16/h5-8H,1-4H3/t5-,6+,7+,8-,10+,11-. The predicted octanol–water partition coefficient (Wildman–Crippen LogP) is 4.13. The van der Waals surface area contributed by atoms with Crippen LogP contribution in [0.2, 0.25) is 0 Å². The molecule has 0 spiro atoms. The van der Waals surface area contributed by atoms with E-state index in [1.807, 2.05) is 0 Å². The van der Waals surface area contributed by atoms with Crippen molar-refractivity contribution in [3.8, 4) is 0 Å². The Morgan fingerprint density at radius 2 is 1.09 bits per heavy atom. The first-order chi connectivity index (χ1) is 9.76. The zero-order chi connectivity index (χ0) is 16.9. The van der Waals surface area contributed by atoms with Crippen molar-refractivity contribution >= 4 is 0 Å². The maximum atomic E-state index is 13.9. The molecule has 3 aliphatic rings. The van der Waals surface area contributed by atoms with Gasteiger partial charge in [-0.1, -0.05) is 13.8 Å². The number of halogens is 6. The minimum Gasteiger partial charge on any atom is -0.375 e. The second-order valence-corrected chi connectivity index (χ2v) is 6.95. The highest BCUT2D eigenvalue weighted by Gasteiger charge is 2.92. The third kappa shape index (κ3) is 1.28. The van der Waals surface area contributed by atoms with Gasteiger partial charge in [0.25, 0.3) is 0 Å². The van der Waals surface area contributed by atoms with Crippen LogP contribution in [-0.2, 0) is 4.74 Å². The summed E-state index contributed by atoms with van der Waals surface area (Å²) in [5.74, 6) is -2.78. The van der Waals surface area contributed by atoms with Gasteiger partial charge in [0, 0.05) is 17.3 Å². The molecule has 1 saturated carbocycles. The lowest BCUT2D eigenvalue weighted by atomic mass is 9.65. The molecule has 3 rings (SSSR count). The molecule has 0 aromatic heterocycles. The van der Waals surface area contributed by atoms with E-state index in [1.165, 1.54) is 13.8 Å². The van der Waals surface area contributed by atoms with Crippen LogP contribution in [0.3, 0.4) is 0 Å². The van der Waals surface area contributed by atoms with Gasteiger partial charge in [-0.05, 0) is 13.8 Å². The fourth-order valence-electron chi connectivity index (χ4n) is 5.16. The zero-order valence-corrected chi connectivity index (χ0v) is 12.4. The molecular weight excluding hydrogens is 314 g/mol. The first-order valence-electron chi connectivity index (χ1n) is 6.98. The molecule has 0 aromatic carbocycles. The molecule has 9 heteroatoms. The van der Waals surface area contributed by atoms with Gasteiger partial charge in [-0.3, -0.25) is 0 Å². The fourth-order valence-corrected chi connectivity index (χ4v) is 5.16. The number of fused-ring (bicyclic) bond motifs is 5. The van der Waals surface area contributed by atoms with Gasteiger partial charge in [0.2, 0.25) is 0 Å². The van der Waals surface area contributed by atoms with Crippen LogP contribution in [0.1, 0.15) is 27.7 Å². The Kier molecular flexibility index (Phi) is 2.76. The van der Waals surface area contributed by atoms with E-state index in [-0.39, 0.29) is 0 Å². The Morgan fingerprint density at radius 1 is 0.773 bits per heavy atom. The lowest BCUT2D eigenvalue weighted by Gasteiger charge is -2.43. The molecule has 6 atom stereocenters. The topological polar surface area (TPSA) is 34.0 Å². The molecule has 3 nitrogen and oxygen atoms in total. The van der Waals surface area contributed by atoms with Crippen LogP contribution in [0.4, 0.5) is 26.3 Å². The largest absolute Gasteiger partial charge is 0.416 e. The van der Waals surface area contributed by atoms with Gasteiger partial charge < -0.3 is 4.74 Å². The highest BCUT2D eigenvalue weighted by molar-refractivity contribution is 5.36. The van der Waals surface area contributed by atoms with Crippen molar-refractivity contribution in [2.45, 2.75) is 63.3 Å². The molecule has 0 amide bonds. The van der Waals surface area contributed by atoms with Crippen LogP contribution in [0.25, 0.3) is 0 Å². The maximum Gasteiger partial charge on any atom is 0.416 e. The van der Waals surface area contributed by atoms with Crippen molar-refractivity contribution in [2.24, 2.45) is 27.5 Å². The van der Waals surface area contributed by atoms with Gasteiger partial charge in [0.1, 0.15) is 0 Å². The Morgan fingerprint density at radius 3 is 1.36 bits per heavy atom. The summed E-state index contributed by atoms with van der Waals surface area (Å²) in [4.78, 5) is 0. The third-order valence-electron chi connectivity index (χ3n) is 5.93. The van der Waals surface area contributed by atoms with Crippen LogP contribution < -0.4 is 0 Å². The van der Waals surface area contributed by atoms with Gasteiger partial charge in [-0.15, -0.1) is 0 Å². The molecule has 1 saturated heterocycles. The smallest absolute Gasteiger partial charge is 0.375 e. The number of hydrogen-bond acceptors (Lipinski definition) is 3. The van der Waals surface area contributed by atoms with Gasteiger partial charge in [-0.25, -0.2) is 0 Å². The minimum absolute atomic E-state index is 0.968. The summed E-state index contributed by atoms with van der Waals surface area (Å²) in [5.41, 5.74) is -7.97. The van der Waals surface area contributed by atoms with Crippen molar-refractivity contribution in [3.63, 3.8) is 0 Å². The van der Waals surface area contributed by atoms with Gasteiger partial charge in [0.05, 0.1) is 12.2 Å². The van der Waals surface area contributed by atoms with E-state index in [0.717, 1.165) is 13.8 Å². The van der Waals surface area contributed by atoms with E-state index in [1.54, 1.807) is 0 Å². The number of nitrogens with zero attached hydrogens (tertiary/aromatic N) is 2. The second kappa shape index (κ2) is 3.79. The third-order valence-corrected chi connectivity index (χ3v) is 5.93.